The zero-order valence-electron chi connectivity index (χ0n) is 15.9. The van der Waals surface area contributed by atoms with E-state index >= 15 is 0 Å². The molecule has 0 aliphatic carbocycles. The second-order valence-corrected chi connectivity index (χ2v) is 7.27. The number of ether oxygens (including phenoxy) is 1. The van der Waals surface area contributed by atoms with E-state index in [4.69, 9.17) is 4.74 Å². The Morgan fingerprint density at radius 1 is 1.31 bits per heavy atom. The highest BCUT2D eigenvalue weighted by atomic mass is 32.1. The average molecular weight is 379 g/mol. The Bertz CT molecular complexity index is 726. The monoisotopic (exact) mass is 378 g/mol. The molecule has 2 aromatic rings. The van der Waals surface area contributed by atoms with E-state index in [1.54, 1.807) is 30.6 Å². The molecule has 26 heavy (non-hydrogen) atoms. The molecule has 0 radical (unpaired) electrons. The molecule has 0 unspecified atom stereocenters. The first-order valence-corrected chi connectivity index (χ1v) is 9.56. The summed E-state index contributed by atoms with van der Waals surface area (Å²) in [5.74, 6) is 0.494. The second kappa shape index (κ2) is 10.2. The number of thiazole rings is 1. The molecule has 0 amide bonds. The molecule has 7 heteroatoms. The Labute approximate surface area is 158 Å². The molecule has 0 atom stereocenters. The maximum Gasteiger partial charge on any atom is 0.191 e. The minimum absolute atomic E-state index is 0.251. The van der Waals surface area contributed by atoms with Crippen molar-refractivity contribution in [1.29, 1.82) is 0 Å². The van der Waals surface area contributed by atoms with E-state index in [1.165, 1.54) is 10.9 Å². The molecule has 5 nitrogen and oxygen atoms in total. The molecule has 0 bridgehead atoms. The first-order chi connectivity index (χ1) is 12.5. The third-order valence-electron chi connectivity index (χ3n) is 3.88. The van der Waals surface area contributed by atoms with Gasteiger partial charge >= 0.3 is 0 Å². The van der Waals surface area contributed by atoms with Crippen molar-refractivity contribution in [3.63, 3.8) is 0 Å². The Morgan fingerprint density at radius 3 is 2.77 bits per heavy atom. The standard InChI is InChI=1S/C19H27FN4OS/c1-5-21-19(22-9-8-18-24-13(2)14(3)26-18)23-11-15-6-7-17(20)16(10-15)12-25-4/h6-7,10H,5,8-9,11-12H2,1-4H3,(H2,21,22,23). The lowest BCUT2D eigenvalue weighted by Crippen LogP contribution is -2.38. The van der Waals surface area contributed by atoms with Gasteiger partial charge in [-0.2, -0.15) is 0 Å². The second-order valence-electron chi connectivity index (χ2n) is 5.98. The van der Waals surface area contributed by atoms with Gasteiger partial charge in [0.05, 0.1) is 23.9 Å². The molecule has 0 aliphatic heterocycles. The molecule has 0 spiro atoms. The van der Waals surface area contributed by atoms with E-state index < -0.39 is 0 Å². The van der Waals surface area contributed by atoms with Crippen LogP contribution < -0.4 is 10.6 Å². The van der Waals surface area contributed by atoms with Gasteiger partial charge in [0, 0.05) is 37.1 Å². The van der Waals surface area contributed by atoms with Gasteiger partial charge in [0.1, 0.15) is 5.82 Å². The highest BCUT2D eigenvalue weighted by Crippen LogP contribution is 2.16. The van der Waals surface area contributed by atoms with E-state index in [0.29, 0.717) is 12.1 Å². The fourth-order valence-electron chi connectivity index (χ4n) is 2.44. The molecule has 2 rings (SSSR count). The summed E-state index contributed by atoms with van der Waals surface area (Å²) in [6, 6.07) is 5.02. The highest BCUT2D eigenvalue weighted by molar-refractivity contribution is 7.11. The van der Waals surface area contributed by atoms with Crippen molar-refractivity contribution >= 4 is 17.3 Å². The first-order valence-electron chi connectivity index (χ1n) is 8.74. The topological polar surface area (TPSA) is 58.5 Å². The Kier molecular flexibility index (Phi) is 8.00. The average Bonchev–Trinajstić information content (AvgIpc) is 2.93. The van der Waals surface area contributed by atoms with Gasteiger partial charge in [-0.15, -0.1) is 11.3 Å². The summed E-state index contributed by atoms with van der Waals surface area (Å²) < 4.78 is 18.7. The maximum atomic E-state index is 13.7. The number of aliphatic imine (C=N–C) groups is 1. The minimum Gasteiger partial charge on any atom is -0.380 e. The summed E-state index contributed by atoms with van der Waals surface area (Å²) in [5, 5.41) is 7.69. The molecule has 1 aromatic carbocycles. The highest BCUT2D eigenvalue weighted by Gasteiger charge is 2.06. The van der Waals surface area contributed by atoms with E-state index in [0.717, 1.165) is 41.7 Å². The van der Waals surface area contributed by atoms with Crippen molar-refractivity contribution < 1.29 is 9.13 Å². The van der Waals surface area contributed by atoms with Gasteiger partial charge in [0.15, 0.2) is 5.96 Å². The van der Waals surface area contributed by atoms with Gasteiger partial charge in [0.25, 0.3) is 0 Å². The van der Waals surface area contributed by atoms with Crippen LogP contribution in [0.15, 0.2) is 23.2 Å². The van der Waals surface area contributed by atoms with Crippen LogP contribution in [0.4, 0.5) is 4.39 Å². The number of aryl methyl sites for hydroxylation is 2. The van der Waals surface area contributed by atoms with Crippen LogP contribution in [0.5, 0.6) is 0 Å². The number of benzene rings is 1. The van der Waals surface area contributed by atoms with Crippen LogP contribution in [0.25, 0.3) is 0 Å². The van der Waals surface area contributed by atoms with E-state index in [1.807, 2.05) is 13.8 Å². The van der Waals surface area contributed by atoms with Gasteiger partial charge in [0.2, 0.25) is 0 Å². The van der Waals surface area contributed by atoms with Gasteiger partial charge in [-0.25, -0.2) is 14.4 Å². The van der Waals surface area contributed by atoms with Crippen molar-refractivity contribution in [1.82, 2.24) is 15.6 Å². The van der Waals surface area contributed by atoms with E-state index in [-0.39, 0.29) is 12.4 Å². The molecule has 2 N–H and O–H groups in total. The van der Waals surface area contributed by atoms with Crippen LogP contribution in [0, 0.1) is 19.7 Å². The number of halogens is 1. The third kappa shape index (κ3) is 6.07. The van der Waals surface area contributed by atoms with Crippen molar-refractivity contribution in [2.45, 2.75) is 40.3 Å². The summed E-state index contributed by atoms with van der Waals surface area (Å²) in [7, 11) is 1.56. The SMILES string of the molecule is CCNC(=NCc1ccc(F)c(COC)c1)NCCc1nc(C)c(C)s1. The Morgan fingerprint density at radius 2 is 2.12 bits per heavy atom. The summed E-state index contributed by atoms with van der Waals surface area (Å²) in [6.07, 6.45) is 0.859. The molecular formula is C19H27FN4OS. The molecule has 1 heterocycles. The number of guanidine groups is 1. The van der Waals surface area contributed by atoms with Crippen molar-refractivity contribution in [3.05, 3.63) is 50.7 Å². The number of hydrogen-bond donors (Lipinski definition) is 2. The molecule has 0 saturated carbocycles. The number of aromatic nitrogens is 1. The summed E-state index contributed by atoms with van der Waals surface area (Å²) in [4.78, 5) is 10.4. The lowest BCUT2D eigenvalue weighted by Gasteiger charge is -2.11. The van der Waals surface area contributed by atoms with Crippen LogP contribution in [0.3, 0.4) is 0 Å². The van der Waals surface area contributed by atoms with Crippen LogP contribution in [0.2, 0.25) is 0 Å². The molecule has 0 aliphatic rings. The fraction of sp³-hybridized carbons (Fsp3) is 0.474. The third-order valence-corrected chi connectivity index (χ3v) is 5.01. The molecular weight excluding hydrogens is 351 g/mol. The predicted molar refractivity (Wildman–Crippen MR) is 105 cm³/mol. The number of rotatable bonds is 8. The van der Waals surface area contributed by atoms with E-state index in [2.05, 4.69) is 27.5 Å². The number of methoxy groups -OCH3 is 1. The van der Waals surface area contributed by atoms with Gasteiger partial charge in [-0.05, 0) is 38.5 Å². The van der Waals surface area contributed by atoms with Gasteiger partial charge in [-0.1, -0.05) is 6.07 Å². The molecule has 142 valence electrons. The van der Waals surface area contributed by atoms with Gasteiger partial charge < -0.3 is 15.4 Å². The smallest absolute Gasteiger partial charge is 0.191 e. The van der Waals surface area contributed by atoms with Crippen molar-refractivity contribution in [2.75, 3.05) is 20.2 Å². The zero-order valence-corrected chi connectivity index (χ0v) is 16.7. The summed E-state index contributed by atoms with van der Waals surface area (Å²) in [5.41, 5.74) is 2.60. The Hall–Kier alpha value is -1.99. The normalized spacial score (nSPS) is 11.7. The largest absolute Gasteiger partial charge is 0.380 e. The van der Waals surface area contributed by atoms with Crippen LogP contribution >= 0.6 is 11.3 Å². The number of nitrogens with zero attached hydrogens (tertiary/aromatic N) is 2. The fourth-order valence-corrected chi connectivity index (χ4v) is 3.37. The molecule has 0 fully saturated rings. The first kappa shape index (κ1) is 20.3. The lowest BCUT2D eigenvalue weighted by molar-refractivity contribution is 0.181. The van der Waals surface area contributed by atoms with Gasteiger partial charge in [-0.3, -0.25) is 0 Å². The molecule has 0 saturated heterocycles. The van der Waals surface area contributed by atoms with Crippen LogP contribution in [-0.2, 0) is 24.3 Å². The number of nitrogens with one attached hydrogen (secondary N) is 2. The predicted octanol–water partition coefficient (Wildman–Crippen LogP) is 3.34. The van der Waals surface area contributed by atoms with E-state index in [9.17, 15) is 4.39 Å². The lowest BCUT2D eigenvalue weighted by atomic mass is 10.1. The number of hydrogen-bond acceptors (Lipinski definition) is 4. The van der Waals surface area contributed by atoms with Crippen molar-refractivity contribution in [3.8, 4) is 0 Å². The molecule has 1 aromatic heterocycles. The Balaban J connectivity index is 1.94. The summed E-state index contributed by atoms with van der Waals surface area (Å²) in [6.45, 7) is 8.43. The van der Waals surface area contributed by atoms with Crippen molar-refractivity contribution in [2.24, 2.45) is 4.99 Å². The summed E-state index contributed by atoms with van der Waals surface area (Å²) >= 11 is 1.74. The van der Waals surface area contributed by atoms with Crippen LogP contribution in [0.1, 0.15) is 33.6 Å². The minimum atomic E-state index is -0.251. The zero-order chi connectivity index (χ0) is 18.9. The van der Waals surface area contributed by atoms with Crippen LogP contribution in [-0.4, -0.2) is 31.1 Å². The quantitative estimate of drug-likeness (QED) is 0.546. The maximum absolute atomic E-state index is 13.7.